The minimum absolute atomic E-state index is 0.00824. The molecule has 248 valence electrons. The second-order valence-corrected chi connectivity index (χ2v) is 13.7. The van der Waals surface area contributed by atoms with Crippen LogP contribution in [-0.4, -0.2) is 45.5 Å². The molecule has 48 heavy (non-hydrogen) atoms. The number of anilines is 1. The van der Waals surface area contributed by atoms with Crippen molar-refractivity contribution in [2.75, 3.05) is 18.0 Å². The largest absolute Gasteiger partial charge is 0.481 e. The Morgan fingerprint density at radius 2 is 1.67 bits per heavy atom. The molecule has 0 saturated heterocycles. The van der Waals surface area contributed by atoms with Gasteiger partial charge in [0.2, 0.25) is 5.69 Å². The van der Waals surface area contributed by atoms with Crippen molar-refractivity contribution in [2.45, 2.75) is 82.4 Å². The molecule has 0 amide bonds. The molecule has 7 nitrogen and oxygen atoms in total. The maximum Gasteiger partial charge on any atom is 0.309 e. The van der Waals surface area contributed by atoms with Gasteiger partial charge in [-0.05, 0) is 67.0 Å². The maximum absolute atomic E-state index is 11.8. The molecule has 3 aromatic rings. The van der Waals surface area contributed by atoms with Crippen LogP contribution in [-0.2, 0) is 15.0 Å². The van der Waals surface area contributed by atoms with Crippen LogP contribution < -0.4 is 4.90 Å². The molecule has 0 atom stereocenters. The van der Waals surface area contributed by atoms with E-state index in [-0.39, 0.29) is 18.3 Å². The Kier molecular flexibility index (Phi) is 11.2. The lowest BCUT2D eigenvalue weighted by molar-refractivity contribution is -0.436. The molecule has 0 fully saturated rings. The lowest BCUT2D eigenvalue weighted by atomic mass is 9.70. The predicted octanol–water partition coefficient (Wildman–Crippen LogP) is 9.27. The van der Waals surface area contributed by atoms with Gasteiger partial charge in [-0.3, -0.25) is 9.59 Å². The summed E-state index contributed by atoms with van der Waals surface area (Å²) in [6, 6.07) is 21.2. The number of carbonyl (C=O) groups is 2. The van der Waals surface area contributed by atoms with Gasteiger partial charge in [0.05, 0.1) is 34.2 Å². The van der Waals surface area contributed by atoms with E-state index in [0.717, 1.165) is 76.3 Å². The van der Waals surface area contributed by atoms with Gasteiger partial charge in [-0.2, -0.15) is 9.84 Å². The van der Waals surface area contributed by atoms with E-state index in [9.17, 15) is 25.1 Å². The number of nitriles is 1. The molecule has 0 saturated carbocycles. The zero-order valence-electron chi connectivity index (χ0n) is 28.0. The highest BCUT2D eigenvalue weighted by atomic mass is 32.2. The van der Waals surface area contributed by atoms with E-state index in [1.807, 2.05) is 35.3 Å². The highest BCUT2D eigenvalue weighted by molar-refractivity contribution is 8.03. The van der Waals surface area contributed by atoms with E-state index < -0.39 is 11.9 Å². The average molecular weight is 663 g/mol. The van der Waals surface area contributed by atoms with E-state index >= 15 is 0 Å². The second kappa shape index (κ2) is 15.5. The van der Waals surface area contributed by atoms with Crippen molar-refractivity contribution in [3.8, 4) is 6.07 Å². The number of benzene rings is 3. The molecule has 5 rings (SSSR count). The Hall–Kier alpha value is -4.61. The number of carboxylic acids is 2. The number of hydrogen-bond donors (Lipinski definition) is 2. The summed E-state index contributed by atoms with van der Waals surface area (Å²) in [7, 11) is 0. The molecule has 2 aliphatic heterocycles. The van der Waals surface area contributed by atoms with Crippen LogP contribution in [0.3, 0.4) is 0 Å². The van der Waals surface area contributed by atoms with Crippen LogP contribution in [0.5, 0.6) is 0 Å². The fraction of sp³-hybridized carbons (Fsp3) is 0.350. The van der Waals surface area contributed by atoms with Gasteiger partial charge in [0.1, 0.15) is 6.42 Å². The van der Waals surface area contributed by atoms with Gasteiger partial charge in [0, 0.05) is 29.1 Å². The zero-order chi connectivity index (χ0) is 34.3. The van der Waals surface area contributed by atoms with Crippen LogP contribution in [0.25, 0.3) is 10.8 Å². The van der Waals surface area contributed by atoms with Gasteiger partial charge >= 0.3 is 11.9 Å². The Morgan fingerprint density at radius 3 is 2.31 bits per heavy atom. The summed E-state index contributed by atoms with van der Waals surface area (Å²) in [5, 5.41) is 32.5. The molecule has 0 aromatic heterocycles. The topological polar surface area (TPSA) is 105 Å². The summed E-state index contributed by atoms with van der Waals surface area (Å²) in [6.07, 6.45) is 13.7. The monoisotopic (exact) mass is 662 g/mol. The number of unbranched alkanes of at least 4 members (excludes halogenated alkanes) is 2. The normalized spacial score (nSPS) is 16.2. The van der Waals surface area contributed by atoms with E-state index in [1.54, 1.807) is 17.8 Å². The molecular weight excluding hydrogens is 619 g/mol. The van der Waals surface area contributed by atoms with E-state index in [1.165, 1.54) is 11.1 Å². The van der Waals surface area contributed by atoms with Gasteiger partial charge in [0.25, 0.3) is 0 Å². The van der Waals surface area contributed by atoms with Crippen molar-refractivity contribution < 1.29 is 24.4 Å². The predicted molar refractivity (Wildman–Crippen MR) is 194 cm³/mol. The molecular formula is C40H44N3O4S+. The standard InChI is InChI=1S/C40H43N3O4S/c1-4-6-20-40(21-7-5-2)32-24-28(3)12-15-33(32)42(22-18-38(44)45)36(40)16-13-29(27-41)14-17-37-43(23-19-39(46)47)34-25-30-10-8-9-11-31(30)26-35(34)48-37/h8-17,24-26H,4-7,18-23H2,1-3H3,(H-,44,45,46,47)/p+1. The Labute approximate surface area is 287 Å². The number of rotatable bonds is 15. The van der Waals surface area contributed by atoms with Gasteiger partial charge < -0.3 is 15.1 Å². The van der Waals surface area contributed by atoms with Crippen molar-refractivity contribution >= 4 is 51.6 Å². The average Bonchev–Trinajstić information content (AvgIpc) is 3.54. The van der Waals surface area contributed by atoms with Crippen molar-refractivity contribution in [3.63, 3.8) is 0 Å². The lowest BCUT2D eigenvalue weighted by Crippen LogP contribution is -2.35. The fourth-order valence-electron chi connectivity index (χ4n) is 6.91. The highest BCUT2D eigenvalue weighted by Crippen LogP contribution is 2.49. The first kappa shape index (κ1) is 34.7. The first-order valence-corrected chi connectivity index (χ1v) is 17.7. The number of thioether (sulfide) groups is 1. The minimum atomic E-state index is -0.864. The number of fused-ring (bicyclic) bond motifs is 3. The molecule has 8 heteroatoms. The third kappa shape index (κ3) is 7.42. The van der Waals surface area contributed by atoms with Crippen LogP contribution in [0, 0.1) is 18.3 Å². The summed E-state index contributed by atoms with van der Waals surface area (Å²) in [5.74, 6) is -1.71. The SMILES string of the molecule is CCCCC1(CCCC)C(/C=C/C(C#N)=C/C=C2\Sc3cc4ccccc4cc3N2CCC(=O)O)=[N+](CCC(=O)O)c2ccc(C)cc21. The van der Waals surface area contributed by atoms with Crippen LogP contribution in [0.2, 0.25) is 0 Å². The molecule has 3 aromatic carbocycles. The van der Waals surface area contributed by atoms with E-state index in [0.29, 0.717) is 18.7 Å². The lowest BCUT2D eigenvalue weighted by Gasteiger charge is -2.28. The molecule has 0 bridgehead atoms. The Balaban J connectivity index is 1.56. The van der Waals surface area contributed by atoms with Gasteiger partial charge in [-0.1, -0.05) is 87.2 Å². The summed E-state index contributed by atoms with van der Waals surface area (Å²) in [6.45, 7) is 7.16. The molecule has 0 unspecified atom stereocenters. The number of carboxylic acid groups (broad SMARTS) is 2. The van der Waals surface area contributed by atoms with Crippen LogP contribution in [0.1, 0.15) is 76.3 Å². The third-order valence-electron chi connectivity index (χ3n) is 9.31. The Bertz CT molecular complexity index is 1870. The highest BCUT2D eigenvalue weighted by Gasteiger charge is 2.50. The van der Waals surface area contributed by atoms with Crippen LogP contribution in [0.4, 0.5) is 11.4 Å². The zero-order valence-corrected chi connectivity index (χ0v) is 28.9. The van der Waals surface area contributed by atoms with E-state index in [2.05, 4.69) is 73.9 Å². The van der Waals surface area contributed by atoms with Crippen LogP contribution >= 0.6 is 11.8 Å². The number of nitrogens with zero attached hydrogens (tertiary/aromatic N) is 3. The molecule has 2 aliphatic rings. The van der Waals surface area contributed by atoms with Crippen molar-refractivity contribution in [1.29, 1.82) is 5.26 Å². The van der Waals surface area contributed by atoms with Gasteiger partial charge in [-0.15, -0.1) is 0 Å². The minimum Gasteiger partial charge on any atom is -0.481 e. The van der Waals surface area contributed by atoms with Crippen molar-refractivity contribution in [3.05, 3.63) is 101 Å². The second-order valence-electron chi connectivity index (χ2n) is 12.6. The van der Waals surface area contributed by atoms with E-state index in [4.69, 9.17) is 0 Å². The molecule has 0 spiro atoms. The summed E-state index contributed by atoms with van der Waals surface area (Å²) >= 11 is 1.57. The first-order valence-electron chi connectivity index (χ1n) is 16.9. The quantitative estimate of drug-likeness (QED) is 0.0950. The molecule has 0 aliphatic carbocycles. The number of aryl methyl sites for hydroxylation is 1. The maximum atomic E-state index is 11.8. The molecule has 2 N–H and O–H groups in total. The summed E-state index contributed by atoms with van der Waals surface area (Å²) in [4.78, 5) is 26.4. The number of allylic oxidation sites excluding steroid dienone is 5. The summed E-state index contributed by atoms with van der Waals surface area (Å²) in [5.41, 5.74) is 5.68. The number of aliphatic carboxylic acids is 2. The fourth-order valence-corrected chi connectivity index (χ4v) is 8.03. The Morgan fingerprint density at radius 1 is 0.979 bits per heavy atom. The smallest absolute Gasteiger partial charge is 0.309 e. The van der Waals surface area contributed by atoms with Gasteiger partial charge in [0.15, 0.2) is 12.3 Å². The van der Waals surface area contributed by atoms with Crippen LogP contribution in [0.15, 0.2) is 94.4 Å². The first-order chi connectivity index (χ1) is 23.2. The van der Waals surface area contributed by atoms with Crippen molar-refractivity contribution in [2.24, 2.45) is 0 Å². The third-order valence-corrected chi connectivity index (χ3v) is 10.4. The van der Waals surface area contributed by atoms with Gasteiger partial charge in [-0.25, -0.2) is 0 Å². The molecule has 2 heterocycles. The van der Waals surface area contributed by atoms with Crippen molar-refractivity contribution in [1.82, 2.24) is 0 Å². The summed E-state index contributed by atoms with van der Waals surface area (Å²) < 4.78 is 2.17. The number of hydrogen-bond acceptors (Lipinski definition) is 5. The molecule has 0 radical (unpaired) electrons.